The van der Waals surface area contributed by atoms with Crippen LogP contribution in [0, 0.1) is 26.7 Å². The summed E-state index contributed by atoms with van der Waals surface area (Å²) in [6.45, 7) is 8.76. The Labute approximate surface area is 121 Å². The van der Waals surface area contributed by atoms with Crippen LogP contribution in [0.1, 0.15) is 39.9 Å². The molecule has 1 aliphatic heterocycles. The number of piperidine rings is 1. The number of aliphatic hydroxyl groups is 1. The van der Waals surface area contributed by atoms with Crippen LogP contribution in [0.2, 0.25) is 0 Å². The van der Waals surface area contributed by atoms with Crippen LogP contribution in [0.25, 0.3) is 0 Å². The van der Waals surface area contributed by atoms with Gasteiger partial charge in [0.05, 0.1) is 6.54 Å². The number of aryl methyl sites for hydroxylation is 3. The van der Waals surface area contributed by atoms with E-state index in [0.29, 0.717) is 12.5 Å². The minimum absolute atomic E-state index is 0.216. The summed E-state index contributed by atoms with van der Waals surface area (Å²) in [5, 5.41) is 9.14. The quantitative estimate of drug-likeness (QED) is 0.858. The Balaban J connectivity index is 2.01. The maximum Gasteiger partial charge on any atom is 0.177 e. The minimum Gasteiger partial charge on any atom is -0.396 e. The highest BCUT2D eigenvalue weighted by Gasteiger charge is 2.21. The van der Waals surface area contributed by atoms with Gasteiger partial charge >= 0.3 is 0 Å². The Morgan fingerprint density at radius 3 is 2.35 bits per heavy atom. The molecule has 20 heavy (non-hydrogen) atoms. The molecule has 0 aromatic heterocycles. The van der Waals surface area contributed by atoms with E-state index < -0.39 is 0 Å². The van der Waals surface area contributed by atoms with E-state index in [-0.39, 0.29) is 12.4 Å². The molecule has 3 nitrogen and oxygen atoms in total. The molecule has 1 fully saturated rings. The molecule has 3 heteroatoms. The number of Topliss-reactive ketones (excluding diaryl/α,β-unsaturated/α-hetero) is 1. The van der Waals surface area contributed by atoms with E-state index >= 15 is 0 Å². The Morgan fingerprint density at radius 2 is 1.75 bits per heavy atom. The first-order valence-electron chi connectivity index (χ1n) is 7.45. The van der Waals surface area contributed by atoms with Crippen molar-refractivity contribution in [3.8, 4) is 0 Å². The normalized spacial score (nSPS) is 17.4. The van der Waals surface area contributed by atoms with Crippen LogP contribution in [0.15, 0.2) is 12.1 Å². The number of benzene rings is 1. The van der Waals surface area contributed by atoms with Crippen molar-refractivity contribution in [3.63, 3.8) is 0 Å². The van der Waals surface area contributed by atoms with E-state index in [0.717, 1.165) is 37.1 Å². The lowest BCUT2D eigenvalue weighted by atomic mass is 9.95. The monoisotopic (exact) mass is 275 g/mol. The zero-order valence-electron chi connectivity index (χ0n) is 12.8. The third-order valence-electron chi connectivity index (χ3n) is 4.47. The van der Waals surface area contributed by atoms with Gasteiger partial charge in [-0.15, -0.1) is 0 Å². The molecule has 0 bridgehead atoms. The first kappa shape index (κ1) is 15.2. The first-order chi connectivity index (χ1) is 9.51. The van der Waals surface area contributed by atoms with Crippen LogP contribution in [-0.4, -0.2) is 42.0 Å². The fraction of sp³-hybridized carbons (Fsp3) is 0.588. The number of aliphatic hydroxyl groups excluding tert-OH is 1. The smallest absolute Gasteiger partial charge is 0.177 e. The second kappa shape index (κ2) is 6.51. The molecule has 1 N–H and O–H groups in total. The van der Waals surface area contributed by atoms with Crippen molar-refractivity contribution >= 4 is 5.78 Å². The van der Waals surface area contributed by atoms with Crippen molar-refractivity contribution < 1.29 is 9.90 Å². The van der Waals surface area contributed by atoms with Crippen LogP contribution in [0.5, 0.6) is 0 Å². The Hall–Kier alpha value is -1.19. The van der Waals surface area contributed by atoms with Crippen LogP contribution in [0.3, 0.4) is 0 Å². The zero-order chi connectivity index (χ0) is 14.7. The van der Waals surface area contributed by atoms with Gasteiger partial charge in [0.1, 0.15) is 0 Å². The van der Waals surface area contributed by atoms with E-state index in [2.05, 4.69) is 24.8 Å². The average Bonchev–Trinajstić information content (AvgIpc) is 2.43. The molecular weight excluding hydrogens is 250 g/mol. The lowest BCUT2D eigenvalue weighted by Gasteiger charge is -2.30. The third kappa shape index (κ3) is 3.47. The highest BCUT2D eigenvalue weighted by Crippen LogP contribution is 2.19. The summed E-state index contributed by atoms with van der Waals surface area (Å²) in [5.74, 6) is 0.637. The molecule has 1 aliphatic rings. The number of carbonyl (C=O) groups is 1. The van der Waals surface area contributed by atoms with E-state index in [1.165, 1.54) is 11.1 Å². The number of hydrogen-bond donors (Lipinski definition) is 1. The molecule has 0 radical (unpaired) electrons. The number of hydrogen-bond acceptors (Lipinski definition) is 3. The second-order valence-corrected chi connectivity index (χ2v) is 6.08. The molecule has 0 amide bonds. The molecule has 0 unspecified atom stereocenters. The lowest BCUT2D eigenvalue weighted by molar-refractivity contribution is 0.0863. The van der Waals surface area contributed by atoms with Gasteiger partial charge in [-0.05, 0) is 75.4 Å². The molecule has 2 rings (SSSR count). The van der Waals surface area contributed by atoms with Crippen molar-refractivity contribution in [2.45, 2.75) is 33.6 Å². The number of likely N-dealkylation sites (tertiary alicyclic amines) is 1. The number of rotatable bonds is 4. The molecule has 1 saturated heterocycles. The van der Waals surface area contributed by atoms with Gasteiger partial charge in [0.2, 0.25) is 0 Å². The van der Waals surface area contributed by atoms with Gasteiger partial charge in [0.15, 0.2) is 5.78 Å². The van der Waals surface area contributed by atoms with Gasteiger partial charge in [-0.2, -0.15) is 0 Å². The molecule has 0 saturated carbocycles. The predicted molar refractivity (Wildman–Crippen MR) is 81.2 cm³/mol. The summed E-state index contributed by atoms with van der Waals surface area (Å²) in [5.41, 5.74) is 4.35. The molecular formula is C17H25NO2. The molecule has 0 aliphatic carbocycles. The molecule has 1 aromatic carbocycles. The summed E-state index contributed by atoms with van der Waals surface area (Å²) in [6, 6.07) is 4.12. The Morgan fingerprint density at radius 1 is 1.15 bits per heavy atom. The van der Waals surface area contributed by atoms with Gasteiger partial charge in [-0.1, -0.05) is 6.07 Å². The minimum atomic E-state index is 0.216. The van der Waals surface area contributed by atoms with Gasteiger partial charge in [-0.25, -0.2) is 0 Å². The second-order valence-electron chi connectivity index (χ2n) is 6.08. The zero-order valence-corrected chi connectivity index (χ0v) is 12.8. The van der Waals surface area contributed by atoms with Gasteiger partial charge in [-0.3, -0.25) is 9.69 Å². The standard InChI is InChI=1S/C17H25NO2/c1-12-8-14(3)16(9-13(12)2)17(20)10-18-6-4-15(11-19)5-7-18/h8-9,15,19H,4-7,10-11H2,1-3H3. The van der Waals surface area contributed by atoms with Crippen molar-refractivity contribution in [1.29, 1.82) is 0 Å². The van der Waals surface area contributed by atoms with Crippen LogP contribution < -0.4 is 0 Å². The van der Waals surface area contributed by atoms with E-state index in [4.69, 9.17) is 5.11 Å². The maximum atomic E-state index is 12.5. The number of nitrogens with zero attached hydrogens (tertiary/aromatic N) is 1. The largest absolute Gasteiger partial charge is 0.396 e. The summed E-state index contributed by atoms with van der Waals surface area (Å²) in [6.07, 6.45) is 1.99. The highest BCUT2D eigenvalue weighted by atomic mass is 16.3. The number of carbonyl (C=O) groups excluding carboxylic acids is 1. The van der Waals surface area contributed by atoms with E-state index in [9.17, 15) is 4.79 Å². The predicted octanol–water partition coefficient (Wildman–Crippen LogP) is 2.50. The van der Waals surface area contributed by atoms with E-state index in [1.54, 1.807) is 0 Å². The van der Waals surface area contributed by atoms with Gasteiger partial charge in [0.25, 0.3) is 0 Å². The van der Waals surface area contributed by atoms with Crippen molar-refractivity contribution in [2.75, 3.05) is 26.2 Å². The molecule has 1 aromatic rings. The van der Waals surface area contributed by atoms with Gasteiger partial charge < -0.3 is 5.11 Å². The van der Waals surface area contributed by atoms with Crippen molar-refractivity contribution in [1.82, 2.24) is 4.90 Å². The Kier molecular flexibility index (Phi) is 4.95. The highest BCUT2D eigenvalue weighted by molar-refractivity contribution is 5.99. The third-order valence-corrected chi connectivity index (χ3v) is 4.47. The summed E-state index contributed by atoms with van der Waals surface area (Å²) in [7, 11) is 0. The Bertz CT molecular complexity index is 488. The summed E-state index contributed by atoms with van der Waals surface area (Å²) < 4.78 is 0. The van der Waals surface area contributed by atoms with Crippen LogP contribution in [-0.2, 0) is 0 Å². The van der Waals surface area contributed by atoms with E-state index in [1.807, 2.05) is 13.0 Å². The summed E-state index contributed by atoms with van der Waals surface area (Å²) >= 11 is 0. The fourth-order valence-corrected chi connectivity index (χ4v) is 2.88. The fourth-order valence-electron chi connectivity index (χ4n) is 2.88. The summed E-state index contributed by atoms with van der Waals surface area (Å²) in [4.78, 5) is 14.7. The average molecular weight is 275 g/mol. The first-order valence-corrected chi connectivity index (χ1v) is 7.45. The topological polar surface area (TPSA) is 40.5 Å². The van der Waals surface area contributed by atoms with Gasteiger partial charge in [0, 0.05) is 12.2 Å². The molecule has 0 spiro atoms. The lowest BCUT2D eigenvalue weighted by Crippen LogP contribution is -2.38. The maximum absolute atomic E-state index is 12.5. The number of ketones is 1. The molecule has 110 valence electrons. The SMILES string of the molecule is Cc1cc(C)c(C(=O)CN2CCC(CO)CC2)cc1C. The molecule has 0 atom stereocenters. The van der Waals surface area contributed by atoms with Crippen LogP contribution in [0.4, 0.5) is 0 Å². The molecule has 1 heterocycles. The van der Waals surface area contributed by atoms with Crippen molar-refractivity contribution in [2.24, 2.45) is 5.92 Å². The van der Waals surface area contributed by atoms with Crippen LogP contribution >= 0.6 is 0 Å². The van der Waals surface area contributed by atoms with Crippen molar-refractivity contribution in [3.05, 3.63) is 34.4 Å².